The number of anilines is 1. The molecule has 4 nitrogen and oxygen atoms in total. The first-order valence-corrected chi connectivity index (χ1v) is 8.04. The van der Waals surface area contributed by atoms with Gasteiger partial charge in [-0.05, 0) is 29.0 Å². The molecule has 2 heterocycles. The van der Waals surface area contributed by atoms with E-state index in [0.29, 0.717) is 5.76 Å². The van der Waals surface area contributed by atoms with Crippen LogP contribution < -0.4 is 5.43 Å². The van der Waals surface area contributed by atoms with E-state index in [1.807, 2.05) is 29.6 Å². The molecule has 0 bridgehead atoms. The minimum Gasteiger partial charge on any atom is -0.463 e. The van der Waals surface area contributed by atoms with Crippen molar-refractivity contribution >= 4 is 33.5 Å². The maximum absolute atomic E-state index is 5.18. The Balaban J connectivity index is 1.54. The van der Waals surface area contributed by atoms with Gasteiger partial charge in [0.1, 0.15) is 5.76 Å². The van der Waals surface area contributed by atoms with E-state index in [1.165, 1.54) is 22.1 Å². The van der Waals surface area contributed by atoms with Crippen LogP contribution in [0.4, 0.5) is 5.13 Å². The van der Waals surface area contributed by atoms with Crippen molar-refractivity contribution in [2.24, 2.45) is 5.10 Å². The summed E-state index contributed by atoms with van der Waals surface area (Å²) < 4.78 is 5.18. The molecule has 0 radical (unpaired) electrons. The maximum Gasteiger partial charge on any atom is 0.203 e. The third-order valence-corrected chi connectivity index (χ3v) is 4.19. The Bertz CT molecular complexity index is 957. The monoisotopic (exact) mass is 319 g/mol. The first kappa shape index (κ1) is 13.7. The van der Waals surface area contributed by atoms with Gasteiger partial charge >= 0.3 is 0 Å². The summed E-state index contributed by atoms with van der Waals surface area (Å²) in [6.07, 6.45) is 3.24. The molecule has 112 valence electrons. The van der Waals surface area contributed by atoms with Crippen LogP contribution in [0.1, 0.15) is 5.76 Å². The van der Waals surface area contributed by atoms with Crippen molar-refractivity contribution in [3.63, 3.8) is 0 Å². The number of nitrogens with zero attached hydrogens (tertiary/aromatic N) is 2. The zero-order valence-electron chi connectivity index (χ0n) is 12.1. The van der Waals surface area contributed by atoms with Crippen LogP contribution in [0.15, 0.2) is 75.8 Å². The molecular formula is C18H13N3OS. The van der Waals surface area contributed by atoms with Gasteiger partial charge in [0.05, 0.1) is 18.2 Å². The zero-order valence-corrected chi connectivity index (χ0v) is 13.0. The molecule has 0 fully saturated rings. The van der Waals surface area contributed by atoms with E-state index in [9.17, 15) is 0 Å². The van der Waals surface area contributed by atoms with Crippen molar-refractivity contribution in [3.8, 4) is 11.3 Å². The largest absolute Gasteiger partial charge is 0.463 e. The van der Waals surface area contributed by atoms with Gasteiger partial charge in [-0.1, -0.05) is 36.4 Å². The van der Waals surface area contributed by atoms with Crippen molar-refractivity contribution in [3.05, 3.63) is 72.0 Å². The van der Waals surface area contributed by atoms with Crippen LogP contribution in [0.5, 0.6) is 0 Å². The van der Waals surface area contributed by atoms with Crippen molar-refractivity contribution in [2.75, 3.05) is 5.43 Å². The molecule has 0 saturated carbocycles. The van der Waals surface area contributed by atoms with Gasteiger partial charge in [-0.25, -0.2) is 4.98 Å². The first-order chi connectivity index (χ1) is 11.4. The fraction of sp³-hybridized carbons (Fsp3) is 0. The first-order valence-electron chi connectivity index (χ1n) is 7.16. The molecular weight excluding hydrogens is 306 g/mol. The van der Waals surface area contributed by atoms with Crippen molar-refractivity contribution in [1.29, 1.82) is 0 Å². The lowest BCUT2D eigenvalue weighted by atomic mass is 10.1. The van der Waals surface area contributed by atoms with Gasteiger partial charge in [0.15, 0.2) is 0 Å². The average molecular weight is 319 g/mol. The van der Waals surface area contributed by atoms with Gasteiger partial charge in [0, 0.05) is 10.9 Å². The lowest BCUT2D eigenvalue weighted by Crippen LogP contribution is -1.89. The number of aromatic nitrogens is 1. The van der Waals surface area contributed by atoms with E-state index in [-0.39, 0.29) is 0 Å². The summed E-state index contributed by atoms with van der Waals surface area (Å²) in [5, 5.41) is 9.33. The summed E-state index contributed by atoms with van der Waals surface area (Å²) in [5.41, 5.74) is 4.97. The molecule has 0 saturated heterocycles. The van der Waals surface area contributed by atoms with Crippen LogP contribution in [0, 0.1) is 0 Å². The zero-order chi connectivity index (χ0) is 15.5. The summed E-state index contributed by atoms with van der Waals surface area (Å²) in [4.78, 5) is 4.57. The van der Waals surface area contributed by atoms with Crippen LogP contribution in [0.25, 0.3) is 22.0 Å². The molecule has 0 unspecified atom stereocenters. The molecule has 4 rings (SSSR count). The highest BCUT2D eigenvalue weighted by Gasteiger charge is 2.05. The molecule has 0 aliphatic heterocycles. The molecule has 0 spiro atoms. The van der Waals surface area contributed by atoms with Crippen LogP contribution in [-0.2, 0) is 0 Å². The highest BCUT2D eigenvalue weighted by atomic mass is 32.1. The number of hydrogen-bond acceptors (Lipinski definition) is 5. The van der Waals surface area contributed by atoms with Crippen molar-refractivity contribution < 1.29 is 4.42 Å². The summed E-state index contributed by atoms with van der Waals surface area (Å²) in [5.74, 6) is 0.698. The predicted molar refractivity (Wildman–Crippen MR) is 95.0 cm³/mol. The number of hydrazone groups is 1. The summed E-state index contributed by atoms with van der Waals surface area (Å²) >= 11 is 1.52. The van der Waals surface area contributed by atoms with E-state index in [0.717, 1.165) is 16.4 Å². The Kier molecular flexibility index (Phi) is 3.62. The smallest absolute Gasteiger partial charge is 0.203 e. The number of benzene rings is 2. The van der Waals surface area contributed by atoms with E-state index in [4.69, 9.17) is 4.42 Å². The van der Waals surface area contributed by atoms with Gasteiger partial charge in [-0.2, -0.15) is 5.10 Å². The lowest BCUT2D eigenvalue weighted by Gasteiger charge is -2.00. The fourth-order valence-corrected chi connectivity index (χ4v) is 2.99. The lowest BCUT2D eigenvalue weighted by molar-refractivity contribution is 0.560. The topological polar surface area (TPSA) is 50.4 Å². The molecule has 2 aromatic carbocycles. The normalized spacial score (nSPS) is 11.3. The molecule has 0 aliphatic rings. The molecule has 1 N–H and O–H groups in total. The van der Waals surface area contributed by atoms with Gasteiger partial charge in [0.25, 0.3) is 0 Å². The molecule has 4 aromatic rings. The van der Waals surface area contributed by atoms with Gasteiger partial charge in [-0.3, -0.25) is 5.43 Å². The number of hydrogen-bond donors (Lipinski definition) is 1. The van der Waals surface area contributed by atoms with Crippen molar-refractivity contribution in [2.45, 2.75) is 0 Å². The number of fused-ring (bicyclic) bond motifs is 1. The molecule has 0 amide bonds. The van der Waals surface area contributed by atoms with Crippen molar-refractivity contribution in [1.82, 2.24) is 4.98 Å². The Morgan fingerprint density at radius 2 is 1.96 bits per heavy atom. The maximum atomic E-state index is 5.18. The highest BCUT2D eigenvalue weighted by Crippen LogP contribution is 2.27. The molecule has 2 aromatic heterocycles. The van der Waals surface area contributed by atoms with Gasteiger partial charge in [0.2, 0.25) is 5.13 Å². The molecule has 0 aliphatic carbocycles. The number of furan rings is 1. The van der Waals surface area contributed by atoms with Crippen LogP contribution in [0.3, 0.4) is 0 Å². The quantitative estimate of drug-likeness (QED) is 0.425. The van der Waals surface area contributed by atoms with Gasteiger partial charge < -0.3 is 4.42 Å². The standard InChI is InChI=1S/C18H13N3OS/c1-2-5-14-10-15(8-7-13(14)4-1)17-12-23-18(20-17)21-19-11-16-6-3-9-22-16/h1-12H,(H,20,21)/b19-11-. The van der Waals surface area contributed by atoms with E-state index in [1.54, 1.807) is 12.5 Å². The SMILES string of the molecule is C(=N/Nc1nc(-c2ccc3ccccc3c2)cs1)/c1ccco1. The Hall–Kier alpha value is -2.92. The number of thiazole rings is 1. The number of rotatable bonds is 4. The van der Waals surface area contributed by atoms with E-state index in [2.05, 4.69) is 45.8 Å². The minimum absolute atomic E-state index is 0.698. The van der Waals surface area contributed by atoms with Gasteiger partial charge in [-0.15, -0.1) is 11.3 Å². The second-order valence-corrected chi connectivity index (χ2v) is 5.84. The molecule has 23 heavy (non-hydrogen) atoms. The predicted octanol–water partition coefficient (Wildman–Crippen LogP) is 5.00. The average Bonchev–Trinajstić information content (AvgIpc) is 3.26. The van der Waals surface area contributed by atoms with Crippen LogP contribution in [-0.4, -0.2) is 11.2 Å². The Morgan fingerprint density at radius 3 is 2.83 bits per heavy atom. The Morgan fingerprint density at radius 1 is 1.04 bits per heavy atom. The summed E-state index contributed by atoms with van der Waals surface area (Å²) in [7, 11) is 0. The number of nitrogens with one attached hydrogen (secondary N) is 1. The molecule has 0 atom stereocenters. The van der Waals surface area contributed by atoms with E-state index >= 15 is 0 Å². The summed E-state index contributed by atoms with van der Waals surface area (Å²) in [6, 6.07) is 18.3. The van der Waals surface area contributed by atoms with Crippen LogP contribution >= 0.6 is 11.3 Å². The minimum atomic E-state index is 0.698. The second kappa shape index (κ2) is 6.06. The Labute approximate surface area is 137 Å². The second-order valence-electron chi connectivity index (χ2n) is 4.99. The summed E-state index contributed by atoms with van der Waals surface area (Å²) in [6.45, 7) is 0. The van der Waals surface area contributed by atoms with Crippen LogP contribution in [0.2, 0.25) is 0 Å². The highest BCUT2D eigenvalue weighted by molar-refractivity contribution is 7.14. The third kappa shape index (κ3) is 3.00. The third-order valence-electron chi connectivity index (χ3n) is 3.44. The van der Waals surface area contributed by atoms with E-state index < -0.39 is 0 Å². The molecule has 5 heteroatoms. The fourth-order valence-electron chi connectivity index (χ4n) is 2.32.